The molecule has 0 saturated carbocycles. The van der Waals surface area contributed by atoms with Gasteiger partial charge in [0.2, 0.25) is 0 Å². The van der Waals surface area contributed by atoms with E-state index in [1.807, 2.05) is 0 Å². The van der Waals surface area contributed by atoms with Gasteiger partial charge in [-0.1, -0.05) is 9.13 Å². The molecular formula is C4H24N12O6P2+2. The first kappa shape index (κ1) is 37.4. The Bertz CT molecular complexity index is 273. The van der Waals surface area contributed by atoms with Gasteiger partial charge in [0.15, 0.2) is 0 Å². The van der Waals surface area contributed by atoms with Crippen molar-refractivity contribution in [3.63, 3.8) is 0 Å². The van der Waals surface area contributed by atoms with Gasteiger partial charge in [0.05, 0.1) is 0 Å². The predicted octanol–water partition coefficient (Wildman–Crippen LogP) is -15.2. The molecule has 0 rings (SSSR count). The molecule has 0 unspecified atom stereocenters. The van der Waals surface area contributed by atoms with E-state index in [9.17, 15) is 0 Å². The smallest absolute Gasteiger partial charge is 0.336 e. The van der Waals surface area contributed by atoms with E-state index in [0.717, 1.165) is 0 Å². The summed E-state index contributed by atoms with van der Waals surface area (Å²) in [6, 6.07) is 0. The van der Waals surface area contributed by atoms with Gasteiger partial charge in [-0.05, 0) is 0 Å². The van der Waals surface area contributed by atoms with Crippen molar-refractivity contribution in [2.75, 3.05) is 0 Å². The summed E-state index contributed by atoms with van der Waals surface area (Å²) in [6.07, 6.45) is 0. The maximum absolute atomic E-state index is 8.48. The molecule has 18 nitrogen and oxygen atoms in total. The summed E-state index contributed by atoms with van der Waals surface area (Å²) in [7, 11) is -6.74. The van der Waals surface area contributed by atoms with E-state index in [1.165, 1.54) is 0 Å². The molecule has 0 saturated heterocycles. The van der Waals surface area contributed by atoms with Gasteiger partial charge < -0.3 is 19.6 Å². The number of guanidine groups is 4. The minimum atomic E-state index is -3.37. The molecule has 0 amide bonds. The molecule has 0 aromatic carbocycles. The number of rotatable bonds is 0. The highest BCUT2D eigenvalue weighted by molar-refractivity contribution is 7.27. The third-order valence-corrected chi connectivity index (χ3v) is 0. The van der Waals surface area contributed by atoms with Gasteiger partial charge >= 0.3 is 23.8 Å². The lowest BCUT2D eigenvalue weighted by Crippen LogP contribution is -2.51. The summed E-state index contributed by atoms with van der Waals surface area (Å²) in [5.74, 6) is -0.333. The van der Waals surface area contributed by atoms with Crippen molar-refractivity contribution in [1.82, 2.24) is 0 Å². The number of nitrogens with two attached hydrogens (primary N) is 12. The van der Waals surface area contributed by atoms with Crippen molar-refractivity contribution in [2.24, 2.45) is 45.9 Å². The number of hydrogen-bond donors (Lipinski definition) is 12. The normalized spacial score (nSPS) is 6.17. The lowest BCUT2D eigenvalue weighted by Gasteiger charge is -1.75. The minimum Gasteiger partial charge on any atom is -0.598 e. The fraction of sp³-hybridized carbons (Fsp3) is 0. The van der Waals surface area contributed by atoms with Crippen molar-refractivity contribution < 1.29 is 50.3 Å². The molecule has 0 heterocycles. The van der Waals surface area contributed by atoms with Crippen LogP contribution in [0.1, 0.15) is 0 Å². The van der Waals surface area contributed by atoms with E-state index in [2.05, 4.69) is 67.5 Å². The van der Waals surface area contributed by atoms with E-state index in [1.54, 1.807) is 0 Å². The Labute approximate surface area is 137 Å². The second-order valence-corrected chi connectivity index (χ2v) is 3.34. The van der Waals surface area contributed by atoms with E-state index in [0.29, 0.717) is 0 Å². The third-order valence-electron chi connectivity index (χ3n) is 0. The molecule has 0 fully saturated rings. The Hall–Kier alpha value is -2.88. The van der Waals surface area contributed by atoms with Gasteiger partial charge in [-0.15, -0.1) is 0 Å². The Morgan fingerprint density at radius 2 is 0.500 bits per heavy atom. The molecule has 24 heavy (non-hydrogen) atoms. The molecular weight excluding hydrogens is 374 g/mol. The summed E-state index contributed by atoms with van der Waals surface area (Å²) < 4.78 is 17.0. The predicted molar refractivity (Wildman–Crippen MR) is 76.4 cm³/mol. The minimum absolute atomic E-state index is 0.0833. The fourth-order valence-electron chi connectivity index (χ4n) is 0. The molecule has 0 aliphatic carbocycles. The van der Waals surface area contributed by atoms with Crippen molar-refractivity contribution in [1.29, 1.82) is 0 Å². The van der Waals surface area contributed by atoms with Crippen molar-refractivity contribution in [3.8, 4) is 0 Å². The van der Waals surface area contributed by atoms with Crippen LogP contribution in [-0.2, 0) is 9.13 Å². The van der Waals surface area contributed by atoms with Crippen LogP contribution >= 0.6 is 16.5 Å². The largest absolute Gasteiger partial charge is 0.598 e. The first-order valence-electron chi connectivity index (χ1n) is 4.56. The average molecular weight is 398 g/mol. The van der Waals surface area contributed by atoms with Crippen LogP contribution in [0, 0.1) is 0 Å². The van der Waals surface area contributed by atoms with E-state index in [4.69, 9.17) is 28.7 Å². The summed E-state index contributed by atoms with van der Waals surface area (Å²) >= 11 is 0. The van der Waals surface area contributed by atoms with Gasteiger partial charge in [-0.3, -0.25) is 67.5 Å². The van der Waals surface area contributed by atoms with Crippen molar-refractivity contribution in [3.05, 3.63) is 0 Å². The first-order chi connectivity index (χ1) is 10.4. The highest BCUT2D eigenvalue weighted by atomic mass is 31.1. The third kappa shape index (κ3) is 757. The van der Waals surface area contributed by atoms with Crippen LogP contribution in [0.5, 0.6) is 0 Å². The van der Waals surface area contributed by atoms with E-state index >= 15 is 0 Å². The number of hydrogen-bond acceptors (Lipinski definition) is 6. The van der Waals surface area contributed by atoms with Crippen LogP contribution in [0.2, 0.25) is 0 Å². The highest BCUT2D eigenvalue weighted by Crippen LogP contribution is 1.80. The Morgan fingerprint density at radius 3 is 0.500 bits per heavy atom. The topological polar surface area (TPSA) is 437 Å². The van der Waals surface area contributed by atoms with E-state index in [-0.39, 0.29) is 23.8 Å². The SMILES string of the molecule is NC(N)=[NH2+].NC(N)=[NH2+].NC(N)=[NH2+].NC(N)=[NH2+].O=[P+]([O-])[O-].O=[P+]([O-])[O-]. The van der Waals surface area contributed by atoms with Gasteiger partial charge in [-0.25, -0.2) is 0 Å². The lowest BCUT2D eigenvalue weighted by atomic mass is 11.1. The molecule has 0 bridgehead atoms. The molecule has 0 aliphatic heterocycles. The summed E-state index contributed by atoms with van der Waals surface area (Å²) in [5, 5.41) is 18.3. The molecule has 0 radical (unpaired) electrons. The van der Waals surface area contributed by atoms with E-state index < -0.39 is 16.5 Å². The van der Waals surface area contributed by atoms with Gasteiger partial charge in [0.25, 0.3) is 16.5 Å². The molecule has 0 atom stereocenters. The van der Waals surface area contributed by atoms with Crippen LogP contribution in [0.4, 0.5) is 0 Å². The first-order valence-corrected chi connectivity index (χ1v) is 6.75. The van der Waals surface area contributed by atoms with Gasteiger partial charge in [0, 0.05) is 0 Å². The van der Waals surface area contributed by atoms with Crippen LogP contribution in [0.25, 0.3) is 0 Å². The lowest BCUT2D eigenvalue weighted by molar-refractivity contribution is -0.298. The van der Waals surface area contributed by atoms with Crippen LogP contribution in [-0.4, -0.2) is 23.8 Å². The highest BCUT2D eigenvalue weighted by Gasteiger charge is 1.65. The Kier molecular flexibility index (Phi) is 50.1. The zero-order chi connectivity index (χ0) is 21.5. The van der Waals surface area contributed by atoms with Crippen molar-refractivity contribution >= 4 is 40.3 Å². The van der Waals surface area contributed by atoms with Gasteiger partial charge in [0.1, 0.15) is 0 Å². The molecule has 144 valence electrons. The summed E-state index contributed by atoms with van der Waals surface area (Å²) in [4.78, 5) is 33.9. The second-order valence-electron chi connectivity index (χ2n) is 2.45. The standard InChI is InChI=1S/4CH5N3.2HO3P/c4*2-1(3)4;2*1-4(2)3/h4*(H5,2,3,4);2*(H,1,2,3)/p+2. The van der Waals surface area contributed by atoms with Crippen LogP contribution in [0.15, 0.2) is 0 Å². The molecule has 0 aromatic heterocycles. The monoisotopic (exact) mass is 398 g/mol. The quantitative estimate of drug-likeness (QED) is 0.102. The zero-order valence-corrected chi connectivity index (χ0v) is 14.1. The maximum atomic E-state index is 8.48. The Balaban J connectivity index is -0.0000000405. The molecule has 0 aliphatic rings. The maximum Gasteiger partial charge on any atom is 0.336 e. The second kappa shape index (κ2) is 32.2. The Morgan fingerprint density at radius 1 is 0.500 bits per heavy atom. The van der Waals surface area contributed by atoms with Gasteiger partial charge in [-0.2, -0.15) is 0 Å². The molecule has 0 aromatic rings. The average Bonchev–Trinajstić information content (AvgIpc) is 2.08. The fourth-order valence-corrected chi connectivity index (χ4v) is 0. The van der Waals surface area contributed by atoms with Crippen molar-refractivity contribution in [2.45, 2.75) is 0 Å². The zero-order valence-electron chi connectivity index (χ0n) is 12.3. The van der Waals surface area contributed by atoms with Crippen LogP contribution in [0.3, 0.4) is 0 Å². The molecule has 0 spiro atoms. The molecule has 24 N–H and O–H groups in total. The van der Waals surface area contributed by atoms with Crippen LogP contribution < -0.4 is 87.1 Å². The summed E-state index contributed by atoms with van der Waals surface area (Å²) in [5.41, 5.74) is 36.7. The summed E-state index contributed by atoms with van der Waals surface area (Å²) in [6.45, 7) is 0. The molecule has 20 heteroatoms.